The number of guanidine groups is 1. The molecule has 1 fully saturated rings. The summed E-state index contributed by atoms with van der Waals surface area (Å²) in [7, 11) is -0.943. The minimum absolute atomic E-state index is 0.153. The highest BCUT2D eigenvalue weighted by atomic mass is 32.2. The van der Waals surface area contributed by atoms with Crippen LogP contribution in [0.25, 0.3) is 0 Å². The van der Waals surface area contributed by atoms with Crippen molar-refractivity contribution in [3.63, 3.8) is 0 Å². The molecule has 0 saturated carbocycles. The lowest BCUT2D eigenvalue weighted by atomic mass is 9.93. The molecule has 9 nitrogen and oxygen atoms in total. The third-order valence-corrected chi connectivity index (χ3v) is 6.48. The third kappa shape index (κ3) is 3.84. The van der Waals surface area contributed by atoms with Crippen molar-refractivity contribution in [3.05, 3.63) is 47.7 Å². The molecule has 0 spiro atoms. The summed E-state index contributed by atoms with van der Waals surface area (Å²) in [5, 5.41) is 13.8. The molecule has 3 rings (SSSR count). The number of sulfonamides is 1. The standard InChI is InChI=1S/C17H21FN6O3S/c1-17(10-28(25,26)24(2)16(19)23-17)13-6-11(4-5-14(13)18)20-7-12-8-22-15(27-3)9-21-12/h4-6,8-9,20H,7,10H2,1-3H3,(H2,19,23). The lowest BCUT2D eigenvalue weighted by molar-refractivity contribution is 0.395. The summed E-state index contributed by atoms with van der Waals surface area (Å²) in [6.07, 6.45) is 3.05. The number of rotatable bonds is 5. The number of halogens is 1. The fourth-order valence-corrected chi connectivity index (χ4v) is 4.39. The monoisotopic (exact) mass is 408 g/mol. The van der Waals surface area contributed by atoms with Crippen LogP contribution in [-0.4, -0.2) is 48.6 Å². The maximum atomic E-state index is 14.5. The van der Waals surface area contributed by atoms with Crippen LogP contribution < -0.4 is 15.4 Å². The van der Waals surface area contributed by atoms with E-state index in [1.165, 1.54) is 32.5 Å². The fourth-order valence-electron chi connectivity index (χ4n) is 2.91. The maximum absolute atomic E-state index is 14.5. The van der Waals surface area contributed by atoms with E-state index in [1.807, 2.05) is 0 Å². The fraction of sp³-hybridized carbons (Fsp3) is 0.353. The Morgan fingerprint density at radius 2 is 2.14 bits per heavy atom. The van der Waals surface area contributed by atoms with Crippen molar-refractivity contribution in [2.75, 3.05) is 25.2 Å². The van der Waals surface area contributed by atoms with Crippen molar-refractivity contribution in [1.29, 1.82) is 5.41 Å². The van der Waals surface area contributed by atoms with E-state index in [9.17, 15) is 12.8 Å². The Balaban J connectivity index is 1.83. The van der Waals surface area contributed by atoms with Crippen LogP contribution in [0.3, 0.4) is 0 Å². The largest absolute Gasteiger partial charge is 0.480 e. The first-order valence-electron chi connectivity index (χ1n) is 8.37. The van der Waals surface area contributed by atoms with Gasteiger partial charge in [0.1, 0.15) is 5.82 Å². The zero-order valence-corrected chi connectivity index (χ0v) is 16.5. The Kier molecular flexibility index (Phi) is 5.11. The van der Waals surface area contributed by atoms with Gasteiger partial charge in [-0.15, -0.1) is 0 Å². The van der Waals surface area contributed by atoms with Crippen molar-refractivity contribution >= 4 is 21.7 Å². The number of aromatic nitrogens is 2. The number of hydrogen-bond donors (Lipinski definition) is 3. The van der Waals surface area contributed by atoms with Gasteiger partial charge in [-0.25, -0.2) is 22.1 Å². The lowest BCUT2D eigenvalue weighted by Crippen LogP contribution is -2.61. The molecule has 150 valence electrons. The Labute approximate surface area is 162 Å². The molecule has 0 amide bonds. The Hall–Kier alpha value is -2.95. The second-order valence-electron chi connectivity index (χ2n) is 6.63. The van der Waals surface area contributed by atoms with E-state index < -0.39 is 21.4 Å². The molecule has 2 heterocycles. The van der Waals surface area contributed by atoms with Crippen LogP contribution in [0.15, 0.2) is 30.6 Å². The van der Waals surface area contributed by atoms with Gasteiger partial charge in [-0.3, -0.25) is 10.4 Å². The molecule has 0 aliphatic carbocycles. The van der Waals surface area contributed by atoms with E-state index in [2.05, 4.69) is 20.6 Å². The summed E-state index contributed by atoms with van der Waals surface area (Å²) in [5.74, 6) is -0.835. The van der Waals surface area contributed by atoms with E-state index in [1.54, 1.807) is 19.2 Å². The molecule has 11 heteroatoms. The SMILES string of the molecule is COc1cnc(CNc2ccc(F)c(C3(C)CS(=O)(=O)N(C)C(=N)N3)c2)cn1. The van der Waals surface area contributed by atoms with Crippen LogP contribution in [-0.2, 0) is 22.1 Å². The molecular formula is C17H21FN6O3S. The van der Waals surface area contributed by atoms with Gasteiger partial charge in [0.15, 0.2) is 0 Å². The van der Waals surface area contributed by atoms with E-state index in [-0.39, 0.29) is 17.3 Å². The summed E-state index contributed by atoms with van der Waals surface area (Å²) in [6.45, 7) is 1.90. The van der Waals surface area contributed by atoms with E-state index in [0.29, 0.717) is 23.8 Å². The zero-order chi connectivity index (χ0) is 20.5. The molecule has 0 radical (unpaired) electrons. The minimum atomic E-state index is -3.73. The molecule has 1 atom stereocenters. The number of nitrogens with zero attached hydrogens (tertiary/aromatic N) is 3. The Morgan fingerprint density at radius 3 is 2.75 bits per heavy atom. The molecule has 3 N–H and O–H groups in total. The highest BCUT2D eigenvalue weighted by molar-refractivity contribution is 7.89. The summed E-state index contributed by atoms with van der Waals surface area (Å²) in [5.41, 5.74) is 0.115. The van der Waals surface area contributed by atoms with Gasteiger partial charge in [-0.1, -0.05) is 0 Å². The van der Waals surface area contributed by atoms with Crippen LogP contribution in [0.5, 0.6) is 5.88 Å². The first-order chi connectivity index (χ1) is 13.1. The number of methoxy groups -OCH3 is 1. The maximum Gasteiger partial charge on any atom is 0.239 e. The predicted molar refractivity (Wildman–Crippen MR) is 102 cm³/mol. The lowest BCUT2D eigenvalue weighted by Gasteiger charge is -2.40. The highest BCUT2D eigenvalue weighted by Crippen LogP contribution is 2.31. The van der Waals surface area contributed by atoms with E-state index in [0.717, 1.165) is 4.31 Å². The first kappa shape index (κ1) is 19.8. The van der Waals surface area contributed by atoms with Crippen molar-refractivity contribution < 1.29 is 17.5 Å². The van der Waals surface area contributed by atoms with Crippen LogP contribution >= 0.6 is 0 Å². The Bertz CT molecular complexity index is 998. The van der Waals surface area contributed by atoms with E-state index in [4.69, 9.17) is 10.1 Å². The minimum Gasteiger partial charge on any atom is -0.480 e. The smallest absolute Gasteiger partial charge is 0.239 e. The van der Waals surface area contributed by atoms with Crippen LogP contribution in [0.1, 0.15) is 18.2 Å². The topological polar surface area (TPSA) is 120 Å². The molecule has 1 aliphatic heterocycles. The highest BCUT2D eigenvalue weighted by Gasteiger charge is 2.43. The molecule has 1 aromatic heterocycles. The van der Waals surface area contributed by atoms with Crippen molar-refractivity contribution in [1.82, 2.24) is 19.6 Å². The van der Waals surface area contributed by atoms with Crippen LogP contribution in [0.4, 0.5) is 10.1 Å². The number of benzene rings is 1. The number of anilines is 1. The van der Waals surface area contributed by atoms with Gasteiger partial charge in [0, 0.05) is 18.3 Å². The molecule has 1 aliphatic rings. The molecule has 1 aromatic carbocycles. The number of hydrogen-bond acceptors (Lipinski definition) is 7. The van der Waals surface area contributed by atoms with Gasteiger partial charge in [-0.2, -0.15) is 0 Å². The average Bonchev–Trinajstić information content (AvgIpc) is 2.65. The molecule has 28 heavy (non-hydrogen) atoms. The van der Waals surface area contributed by atoms with Gasteiger partial charge < -0.3 is 15.4 Å². The molecule has 0 bridgehead atoms. The normalized spacial score (nSPS) is 21.1. The van der Waals surface area contributed by atoms with Gasteiger partial charge in [0.25, 0.3) is 0 Å². The summed E-state index contributed by atoms with van der Waals surface area (Å²) >= 11 is 0. The number of nitrogens with one attached hydrogen (secondary N) is 3. The quantitative estimate of drug-likeness (QED) is 0.681. The molecule has 1 saturated heterocycles. The molecule has 1 unspecified atom stereocenters. The zero-order valence-electron chi connectivity index (χ0n) is 15.7. The summed E-state index contributed by atoms with van der Waals surface area (Å²) < 4.78 is 45.0. The van der Waals surface area contributed by atoms with Gasteiger partial charge in [-0.05, 0) is 25.1 Å². The van der Waals surface area contributed by atoms with Crippen molar-refractivity contribution in [2.45, 2.75) is 19.0 Å². The Morgan fingerprint density at radius 1 is 1.39 bits per heavy atom. The predicted octanol–water partition coefficient (Wildman–Crippen LogP) is 1.25. The second-order valence-corrected chi connectivity index (χ2v) is 8.63. The van der Waals surface area contributed by atoms with Crippen LogP contribution in [0.2, 0.25) is 0 Å². The average molecular weight is 408 g/mol. The number of ether oxygens (including phenoxy) is 1. The summed E-state index contributed by atoms with van der Waals surface area (Å²) in [4.78, 5) is 8.26. The van der Waals surface area contributed by atoms with Gasteiger partial charge in [0.05, 0.1) is 43.0 Å². The second kappa shape index (κ2) is 7.23. The van der Waals surface area contributed by atoms with Crippen LogP contribution in [0, 0.1) is 11.2 Å². The van der Waals surface area contributed by atoms with E-state index >= 15 is 0 Å². The molecular weight excluding hydrogens is 387 g/mol. The summed E-state index contributed by atoms with van der Waals surface area (Å²) in [6, 6.07) is 4.35. The van der Waals surface area contributed by atoms with Crippen molar-refractivity contribution in [2.24, 2.45) is 0 Å². The molecule has 2 aromatic rings. The van der Waals surface area contributed by atoms with Gasteiger partial charge in [0.2, 0.25) is 21.9 Å². The van der Waals surface area contributed by atoms with Gasteiger partial charge >= 0.3 is 0 Å². The first-order valence-corrected chi connectivity index (χ1v) is 9.98. The third-order valence-electron chi connectivity index (χ3n) is 4.52. The van der Waals surface area contributed by atoms with Crippen molar-refractivity contribution in [3.8, 4) is 5.88 Å².